The van der Waals surface area contributed by atoms with Crippen molar-refractivity contribution >= 4 is 40.9 Å². The lowest BCUT2D eigenvalue weighted by molar-refractivity contribution is 0.336. The molecule has 2 aromatic heterocycles. The van der Waals surface area contributed by atoms with Gasteiger partial charge in [0.25, 0.3) is 0 Å². The molecule has 0 aliphatic rings. The summed E-state index contributed by atoms with van der Waals surface area (Å²) >= 11 is 0. The van der Waals surface area contributed by atoms with Crippen LogP contribution in [0.1, 0.15) is 36.9 Å². The highest BCUT2D eigenvalue weighted by atomic mass is 127. The summed E-state index contributed by atoms with van der Waals surface area (Å²) in [6.45, 7) is 7.39. The molecule has 1 atom stereocenters. The van der Waals surface area contributed by atoms with Gasteiger partial charge in [-0.1, -0.05) is 18.2 Å². The van der Waals surface area contributed by atoms with Crippen molar-refractivity contribution in [1.29, 1.82) is 0 Å². The van der Waals surface area contributed by atoms with Crippen LogP contribution in [0.25, 0.3) is 11.0 Å². The molecule has 156 valence electrons. The highest BCUT2D eigenvalue weighted by Gasteiger charge is 2.15. The van der Waals surface area contributed by atoms with Gasteiger partial charge >= 0.3 is 0 Å². The van der Waals surface area contributed by atoms with Gasteiger partial charge in [-0.3, -0.25) is 9.98 Å². The van der Waals surface area contributed by atoms with Crippen molar-refractivity contribution in [1.82, 2.24) is 15.6 Å². The average Bonchev–Trinajstić information content (AvgIpc) is 3.14. The zero-order valence-corrected chi connectivity index (χ0v) is 19.7. The lowest BCUT2D eigenvalue weighted by Crippen LogP contribution is -2.39. The number of aryl methyl sites for hydroxylation is 1. The second kappa shape index (κ2) is 11.0. The standard InChI is InChI=1S/C22H28N4O2.HI/c1-5-27-19-8-6-7-18-13-20(28-21(18)19)16(3)26-22(23-4)24-12-11-17-10-9-15(2)25-14-17;/h6-10,13-14,16H,5,11-12H2,1-4H3,(H2,23,24,26);1H. The molecule has 6 nitrogen and oxygen atoms in total. The Morgan fingerprint density at radius 1 is 1.28 bits per heavy atom. The molecule has 3 rings (SSSR count). The molecule has 3 aromatic rings. The number of fused-ring (bicyclic) bond motifs is 1. The maximum Gasteiger partial charge on any atom is 0.191 e. The van der Waals surface area contributed by atoms with Crippen LogP contribution in [0.2, 0.25) is 0 Å². The third-order valence-corrected chi connectivity index (χ3v) is 4.51. The van der Waals surface area contributed by atoms with Crippen molar-refractivity contribution in [3.63, 3.8) is 0 Å². The van der Waals surface area contributed by atoms with Crippen LogP contribution < -0.4 is 15.4 Å². The number of nitrogens with zero attached hydrogens (tertiary/aromatic N) is 2. The number of halogens is 1. The second-order valence-electron chi connectivity index (χ2n) is 6.68. The largest absolute Gasteiger partial charge is 0.490 e. The Balaban J connectivity index is 0.00000300. The maximum atomic E-state index is 6.07. The third-order valence-electron chi connectivity index (χ3n) is 4.51. The summed E-state index contributed by atoms with van der Waals surface area (Å²) in [6.07, 6.45) is 2.80. The van der Waals surface area contributed by atoms with Crippen LogP contribution in [0.5, 0.6) is 5.75 Å². The van der Waals surface area contributed by atoms with Crippen molar-refractivity contribution in [2.75, 3.05) is 20.2 Å². The molecule has 0 amide bonds. The number of nitrogens with one attached hydrogen (secondary N) is 2. The number of rotatable bonds is 7. The summed E-state index contributed by atoms with van der Waals surface area (Å²) in [5.74, 6) is 2.35. The quantitative estimate of drug-likeness (QED) is 0.277. The Hall–Kier alpha value is -2.29. The summed E-state index contributed by atoms with van der Waals surface area (Å²) in [5, 5.41) is 7.75. The molecule has 0 saturated carbocycles. The van der Waals surface area contributed by atoms with E-state index in [4.69, 9.17) is 9.15 Å². The van der Waals surface area contributed by atoms with E-state index in [2.05, 4.69) is 33.6 Å². The Morgan fingerprint density at radius 2 is 2.10 bits per heavy atom. The van der Waals surface area contributed by atoms with E-state index in [1.807, 2.05) is 50.4 Å². The topological polar surface area (TPSA) is 71.7 Å². The average molecular weight is 508 g/mol. The summed E-state index contributed by atoms with van der Waals surface area (Å²) in [4.78, 5) is 8.64. The van der Waals surface area contributed by atoms with Gasteiger partial charge in [0.1, 0.15) is 5.76 Å². The molecular weight excluding hydrogens is 479 g/mol. The van der Waals surface area contributed by atoms with Gasteiger partial charge in [0.2, 0.25) is 0 Å². The van der Waals surface area contributed by atoms with Crippen LogP contribution in [-0.4, -0.2) is 31.1 Å². The number of hydrogen-bond donors (Lipinski definition) is 2. The highest BCUT2D eigenvalue weighted by Crippen LogP contribution is 2.31. The molecule has 0 bridgehead atoms. The molecule has 0 spiro atoms. The predicted octanol–water partition coefficient (Wildman–Crippen LogP) is 4.62. The fraction of sp³-hybridized carbons (Fsp3) is 0.364. The number of ether oxygens (including phenoxy) is 1. The van der Waals surface area contributed by atoms with Gasteiger partial charge in [-0.05, 0) is 51.0 Å². The summed E-state index contributed by atoms with van der Waals surface area (Å²) in [6, 6.07) is 12.1. The third kappa shape index (κ3) is 6.09. The van der Waals surface area contributed by atoms with Crippen LogP contribution in [0, 0.1) is 6.92 Å². The normalized spacial score (nSPS) is 12.3. The first-order valence-corrected chi connectivity index (χ1v) is 9.64. The number of guanidine groups is 1. The molecule has 0 aliphatic carbocycles. The first-order valence-electron chi connectivity index (χ1n) is 9.64. The van der Waals surface area contributed by atoms with Gasteiger partial charge in [-0.25, -0.2) is 0 Å². The second-order valence-corrected chi connectivity index (χ2v) is 6.68. The van der Waals surface area contributed by atoms with Crippen molar-refractivity contribution < 1.29 is 9.15 Å². The molecule has 1 unspecified atom stereocenters. The van der Waals surface area contributed by atoms with Gasteiger partial charge in [-0.15, -0.1) is 24.0 Å². The van der Waals surface area contributed by atoms with Crippen molar-refractivity contribution in [3.05, 3.63) is 59.6 Å². The minimum absolute atomic E-state index is 0. The van der Waals surface area contributed by atoms with E-state index in [0.717, 1.165) is 47.1 Å². The number of para-hydroxylation sites is 1. The first-order chi connectivity index (χ1) is 13.6. The molecule has 1 aromatic carbocycles. The van der Waals surface area contributed by atoms with Crippen molar-refractivity contribution in [2.45, 2.75) is 33.2 Å². The summed E-state index contributed by atoms with van der Waals surface area (Å²) < 4.78 is 11.7. The van der Waals surface area contributed by atoms with Crippen molar-refractivity contribution in [2.24, 2.45) is 4.99 Å². The molecule has 0 fully saturated rings. The monoisotopic (exact) mass is 508 g/mol. The first kappa shape index (κ1) is 23.0. The molecule has 7 heteroatoms. The molecule has 0 saturated heterocycles. The van der Waals surface area contributed by atoms with Crippen molar-refractivity contribution in [3.8, 4) is 5.75 Å². The minimum atomic E-state index is -0.0332. The molecule has 2 heterocycles. The number of aromatic nitrogens is 1. The fourth-order valence-corrected chi connectivity index (χ4v) is 2.98. The van der Waals surface area contributed by atoms with Gasteiger partial charge in [-0.2, -0.15) is 0 Å². The van der Waals surface area contributed by atoms with Crippen LogP contribution >= 0.6 is 24.0 Å². The van der Waals surface area contributed by atoms with E-state index in [0.29, 0.717) is 6.61 Å². The lowest BCUT2D eigenvalue weighted by Gasteiger charge is -2.16. The van der Waals surface area contributed by atoms with Crippen LogP contribution in [0.15, 0.2) is 52.0 Å². The van der Waals surface area contributed by atoms with Crippen LogP contribution in [0.3, 0.4) is 0 Å². The van der Waals surface area contributed by atoms with E-state index >= 15 is 0 Å². The smallest absolute Gasteiger partial charge is 0.191 e. The zero-order valence-electron chi connectivity index (χ0n) is 17.4. The number of aliphatic imine (C=N–C) groups is 1. The molecule has 2 N–H and O–H groups in total. The number of furan rings is 1. The number of pyridine rings is 1. The Labute approximate surface area is 189 Å². The lowest BCUT2D eigenvalue weighted by atomic mass is 10.2. The zero-order chi connectivity index (χ0) is 19.9. The summed E-state index contributed by atoms with van der Waals surface area (Å²) in [5.41, 5.74) is 3.01. The molecule has 29 heavy (non-hydrogen) atoms. The van der Waals surface area contributed by atoms with E-state index in [1.54, 1.807) is 7.05 Å². The van der Waals surface area contributed by atoms with Crippen LogP contribution in [0.4, 0.5) is 0 Å². The SMILES string of the molecule is CCOc1cccc2cc(C(C)NC(=NC)NCCc3ccc(C)nc3)oc12.I. The van der Waals surface area contributed by atoms with E-state index in [1.165, 1.54) is 5.56 Å². The van der Waals surface area contributed by atoms with E-state index in [9.17, 15) is 0 Å². The fourth-order valence-electron chi connectivity index (χ4n) is 2.98. The van der Waals surface area contributed by atoms with Gasteiger partial charge in [0.15, 0.2) is 17.3 Å². The predicted molar refractivity (Wildman–Crippen MR) is 128 cm³/mol. The maximum absolute atomic E-state index is 6.07. The Bertz CT molecular complexity index is 938. The molecule has 0 aliphatic heterocycles. The van der Waals surface area contributed by atoms with Gasteiger partial charge in [0.05, 0.1) is 12.6 Å². The molecular formula is C22H29IN4O2. The molecule has 0 radical (unpaired) electrons. The Morgan fingerprint density at radius 3 is 2.79 bits per heavy atom. The van der Waals surface area contributed by atoms with E-state index in [-0.39, 0.29) is 30.0 Å². The van der Waals surface area contributed by atoms with Gasteiger partial charge in [0, 0.05) is 30.9 Å². The van der Waals surface area contributed by atoms with E-state index < -0.39 is 0 Å². The summed E-state index contributed by atoms with van der Waals surface area (Å²) in [7, 11) is 1.77. The Kier molecular flexibility index (Phi) is 8.75. The minimum Gasteiger partial charge on any atom is -0.490 e. The number of hydrogen-bond acceptors (Lipinski definition) is 4. The highest BCUT2D eigenvalue weighted by molar-refractivity contribution is 14.0. The number of benzene rings is 1. The van der Waals surface area contributed by atoms with Crippen LogP contribution in [-0.2, 0) is 6.42 Å². The van der Waals surface area contributed by atoms with Gasteiger partial charge < -0.3 is 19.8 Å².